The number of hydrogen-bond acceptors (Lipinski definition) is 2. The summed E-state index contributed by atoms with van der Waals surface area (Å²) in [7, 11) is 0. The maximum Gasteiger partial charge on any atom is 0.0973 e. The minimum atomic E-state index is 0.864. The fourth-order valence-corrected chi connectivity index (χ4v) is 3.31. The largest absolute Gasteiger partial charge is 0.244 e. The molecule has 4 aromatic rings. The number of fused-ring (bicyclic) bond motifs is 1. The average molecular weight is 440 g/mol. The molecular weight excluding hydrogens is 428 g/mol. The first-order chi connectivity index (χ1) is 11.7. The third kappa shape index (κ3) is 2.87. The molecule has 3 aromatic carbocycles. The van der Waals surface area contributed by atoms with Crippen LogP contribution in [-0.4, -0.2) is 9.97 Å². The van der Waals surface area contributed by atoms with E-state index in [4.69, 9.17) is 9.97 Å². The molecule has 0 fully saturated rings. The Kier molecular flexibility index (Phi) is 4.17. The van der Waals surface area contributed by atoms with E-state index in [9.17, 15) is 0 Å². The Labute approximate surface area is 156 Å². The lowest BCUT2D eigenvalue weighted by molar-refractivity contribution is 1.29. The highest BCUT2D eigenvalue weighted by atomic mass is 79.9. The van der Waals surface area contributed by atoms with Gasteiger partial charge >= 0.3 is 0 Å². The molecule has 0 saturated carbocycles. The van der Waals surface area contributed by atoms with Gasteiger partial charge in [-0.25, -0.2) is 9.97 Å². The highest BCUT2D eigenvalue weighted by Crippen LogP contribution is 2.33. The number of halogens is 2. The molecule has 0 spiro atoms. The molecule has 0 radical (unpaired) electrons. The number of aromatic nitrogens is 2. The van der Waals surface area contributed by atoms with Crippen LogP contribution in [-0.2, 0) is 0 Å². The van der Waals surface area contributed by atoms with Gasteiger partial charge in [-0.3, -0.25) is 0 Å². The van der Waals surface area contributed by atoms with Crippen LogP contribution in [0.15, 0.2) is 81.7 Å². The van der Waals surface area contributed by atoms with E-state index in [1.165, 1.54) is 0 Å². The van der Waals surface area contributed by atoms with Crippen molar-refractivity contribution in [3.8, 4) is 22.5 Å². The smallest absolute Gasteiger partial charge is 0.0973 e. The van der Waals surface area contributed by atoms with Crippen LogP contribution in [0.3, 0.4) is 0 Å². The van der Waals surface area contributed by atoms with Gasteiger partial charge in [-0.05, 0) is 44.0 Å². The number of benzene rings is 3. The molecule has 1 aromatic heterocycles. The van der Waals surface area contributed by atoms with Crippen LogP contribution < -0.4 is 0 Å². The van der Waals surface area contributed by atoms with Crippen molar-refractivity contribution in [3.63, 3.8) is 0 Å². The predicted octanol–water partition coefficient (Wildman–Crippen LogP) is 6.49. The Bertz CT molecular complexity index is 932. The van der Waals surface area contributed by atoms with E-state index in [2.05, 4.69) is 56.1 Å². The van der Waals surface area contributed by atoms with Crippen molar-refractivity contribution >= 4 is 42.9 Å². The summed E-state index contributed by atoms with van der Waals surface area (Å²) in [6, 6.07) is 24.4. The maximum absolute atomic E-state index is 4.91. The van der Waals surface area contributed by atoms with Gasteiger partial charge in [-0.15, -0.1) is 0 Å². The van der Waals surface area contributed by atoms with Gasteiger partial charge in [0.05, 0.1) is 22.4 Å². The summed E-state index contributed by atoms with van der Waals surface area (Å²) in [6.45, 7) is 0. The van der Waals surface area contributed by atoms with Crippen molar-refractivity contribution < 1.29 is 0 Å². The zero-order valence-corrected chi connectivity index (χ0v) is 15.8. The summed E-state index contributed by atoms with van der Waals surface area (Å²) in [5, 5.41) is 0. The van der Waals surface area contributed by atoms with Gasteiger partial charge < -0.3 is 0 Å². The summed E-state index contributed by atoms with van der Waals surface area (Å²) in [5.74, 6) is 0. The quantitative estimate of drug-likeness (QED) is 0.356. The lowest BCUT2D eigenvalue weighted by Crippen LogP contribution is -1.95. The van der Waals surface area contributed by atoms with E-state index in [0.717, 1.165) is 42.5 Å². The summed E-state index contributed by atoms with van der Waals surface area (Å²) in [4.78, 5) is 9.82. The molecule has 0 aliphatic carbocycles. The van der Waals surface area contributed by atoms with Gasteiger partial charge in [0, 0.05) is 20.1 Å². The predicted molar refractivity (Wildman–Crippen MR) is 106 cm³/mol. The number of rotatable bonds is 2. The van der Waals surface area contributed by atoms with Gasteiger partial charge in [-0.1, -0.05) is 60.7 Å². The third-order valence-corrected chi connectivity index (χ3v) is 5.64. The van der Waals surface area contributed by atoms with Crippen LogP contribution in [0.2, 0.25) is 0 Å². The topological polar surface area (TPSA) is 25.8 Å². The minimum absolute atomic E-state index is 0.864. The normalized spacial score (nSPS) is 10.9. The second-order valence-electron chi connectivity index (χ2n) is 5.41. The van der Waals surface area contributed by atoms with E-state index in [-0.39, 0.29) is 0 Å². The van der Waals surface area contributed by atoms with Gasteiger partial charge in [0.25, 0.3) is 0 Å². The standard InChI is InChI=1S/C20H12Br2N2/c21-15-11-17-18(12-16(15)22)24-20(14-9-5-2-6-10-14)19(23-17)13-7-3-1-4-8-13/h1-12H. The molecule has 2 nitrogen and oxygen atoms in total. The van der Waals surface area contributed by atoms with Crippen molar-refractivity contribution in [3.05, 3.63) is 81.7 Å². The van der Waals surface area contributed by atoms with Crippen LogP contribution in [0.5, 0.6) is 0 Å². The van der Waals surface area contributed by atoms with Crippen molar-refractivity contribution in [1.82, 2.24) is 9.97 Å². The van der Waals surface area contributed by atoms with Crippen molar-refractivity contribution in [2.45, 2.75) is 0 Å². The Morgan fingerprint density at radius 3 is 1.29 bits per heavy atom. The van der Waals surface area contributed by atoms with Crippen LogP contribution in [0, 0.1) is 0 Å². The fourth-order valence-electron chi connectivity index (χ4n) is 2.65. The van der Waals surface area contributed by atoms with E-state index in [1.54, 1.807) is 0 Å². The fraction of sp³-hybridized carbons (Fsp3) is 0. The van der Waals surface area contributed by atoms with Crippen molar-refractivity contribution in [2.75, 3.05) is 0 Å². The SMILES string of the molecule is Brc1cc2nc(-c3ccccc3)c(-c3ccccc3)nc2cc1Br. The molecule has 0 unspecified atom stereocenters. The first-order valence-corrected chi connectivity index (χ1v) is 9.08. The lowest BCUT2D eigenvalue weighted by Gasteiger charge is -2.11. The van der Waals surface area contributed by atoms with E-state index < -0.39 is 0 Å². The van der Waals surface area contributed by atoms with Crippen molar-refractivity contribution in [2.24, 2.45) is 0 Å². The zero-order chi connectivity index (χ0) is 16.5. The maximum atomic E-state index is 4.91. The second-order valence-corrected chi connectivity index (χ2v) is 7.12. The second kappa shape index (κ2) is 6.46. The zero-order valence-electron chi connectivity index (χ0n) is 12.6. The molecule has 4 heteroatoms. The Morgan fingerprint density at radius 1 is 0.542 bits per heavy atom. The molecule has 0 saturated heterocycles. The number of nitrogens with zero attached hydrogens (tertiary/aromatic N) is 2. The van der Waals surface area contributed by atoms with Gasteiger partial charge in [0.2, 0.25) is 0 Å². The molecule has 0 aliphatic heterocycles. The van der Waals surface area contributed by atoms with Crippen LogP contribution in [0.1, 0.15) is 0 Å². The van der Waals surface area contributed by atoms with Gasteiger partial charge in [0.1, 0.15) is 0 Å². The Balaban J connectivity index is 2.06. The minimum Gasteiger partial charge on any atom is -0.244 e. The molecule has 4 rings (SSSR count). The highest BCUT2D eigenvalue weighted by Gasteiger charge is 2.14. The summed E-state index contributed by atoms with van der Waals surface area (Å²) < 4.78 is 1.94. The summed E-state index contributed by atoms with van der Waals surface area (Å²) in [5.41, 5.74) is 5.63. The average Bonchev–Trinajstić information content (AvgIpc) is 2.63. The monoisotopic (exact) mass is 438 g/mol. The van der Waals surface area contributed by atoms with Crippen LogP contribution >= 0.6 is 31.9 Å². The molecule has 0 atom stereocenters. The Morgan fingerprint density at radius 2 is 0.917 bits per heavy atom. The van der Waals surface area contributed by atoms with Gasteiger partial charge in [0.15, 0.2) is 0 Å². The van der Waals surface area contributed by atoms with Gasteiger partial charge in [-0.2, -0.15) is 0 Å². The van der Waals surface area contributed by atoms with Crippen molar-refractivity contribution in [1.29, 1.82) is 0 Å². The molecule has 116 valence electrons. The van der Waals surface area contributed by atoms with E-state index >= 15 is 0 Å². The first-order valence-electron chi connectivity index (χ1n) is 7.50. The molecule has 0 aliphatic rings. The summed E-state index contributed by atoms with van der Waals surface area (Å²) in [6.07, 6.45) is 0. The summed E-state index contributed by atoms with van der Waals surface area (Å²) >= 11 is 7.09. The molecule has 24 heavy (non-hydrogen) atoms. The first kappa shape index (κ1) is 15.5. The Hall–Kier alpha value is -2.04. The van der Waals surface area contributed by atoms with Crippen LogP contribution in [0.4, 0.5) is 0 Å². The third-order valence-electron chi connectivity index (χ3n) is 3.80. The van der Waals surface area contributed by atoms with Crippen LogP contribution in [0.25, 0.3) is 33.5 Å². The van der Waals surface area contributed by atoms with E-state index in [1.807, 2.05) is 48.5 Å². The molecule has 0 N–H and O–H groups in total. The lowest BCUT2D eigenvalue weighted by atomic mass is 10.0. The molecular formula is C20H12Br2N2. The molecule has 0 amide bonds. The molecule has 0 bridgehead atoms. The van der Waals surface area contributed by atoms with E-state index in [0.29, 0.717) is 0 Å². The number of hydrogen-bond donors (Lipinski definition) is 0. The highest BCUT2D eigenvalue weighted by molar-refractivity contribution is 9.13. The molecule has 1 heterocycles.